The molecule has 0 radical (unpaired) electrons. The molecule has 0 aliphatic carbocycles. The molecule has 7 heteroatoms. The van der Waals surface area contributed by atoms with Gasteiger partial charge < -0.3 is 26.3 Å². The molecule has 0 aromatic heterocycles. The molecule has 88 valence electrons. The van der Waals surface area contributed by atoms with Crippen molar-refractivity contribution in [3.05, 3.63) is 0 Å². The molecule has 0 spiro atoms. The molecular formula is C8H17N3O4. The summed E-state index contributed by atoms with van der Waals surface area (Å²) < 4.78 is 9.68. The van der Waals surface area contributed by atoms with E-state index in [1.807, 2.05) is 0 Å². The molecule has 1 atom stereocenters. The van der Waals surface area contributed by atoms with Gasteiger partial charge >= 0.3 is 0 Å². The van der Waals surface area contributed by atoms with Gasteiger partial charge in [-0.25, -0.2) is 0 Å². The number of hydrogen-bond donors (Lipinski definition) is 3. The molecule has 2 amide bonds. The monoisotopic (exact) mass is 219 g/mol. The second kappa shape index (κ2) is 7.16. The summed E-state index contributed by atoms with van der Waals surface area (Å²) in [4.78, 5) is 21.7. The number of ether oxygens (including phenoxy) is 2. The van der Waals surface area contributed by atoms with Crippen LogP contribution in [0, 0.1) is 0 Å². The van der Waals surface area contributed by atoms with Crippen LogP contribution in [0.25, 0.3) is 0 Å². The standard InChI is InChI=1S/C8H17N3O4/c1-14-7(15-2)4-11-8(13)5(9)3-6(10)12/h5,7H,3-4,9H2,1-2H3,(H2,10,12)(H,11,13). The molecule has 0 saturated heterocycles. The minimum atomic E-state index is -0.933. The smallest absolute Gasteiger partial charge is 0.237 e. The van der Waals surface area contributed by atoms with E-state index in [2.05, 4.69) is 5.32 Å². The van der Waals surface area contributed by atoms with E-state index >= 15 is 0 Å². The third-order valence-electron chi connectivity index (χ3n) is 1.73. The van der Waals surface area contributed by atoms with Crippen LogP contribution in [-0.4, -0.2) is 44.9 Å². The van der Waals surface area contributed by atoms with Gasteiger partial charge in [0.1, 0.15) is 0 Å². The Morgan fingerprint density at radius 2 is 1.87 bits per heavy atom. The Balaban J connectivity index is 3.86. The Kier molecular flexibility index (Phi) is 6.59. The van der Waals surface area contributed by atoms with E-state index in [0.29, 0.717) is 0 Å². The second-order valence-corrected chi connectivity index (χ2v) is 2.92. The molecule has 0 aromatic rings. The Hall–Kier alpha value is -1.18. The average Bonchev–Trinajstić information content (AvgIpc) is 2.18. The van der Waals surface area contributed by atoms with Crippen molar-refractivity contribution < 1.29 is 19.1 Å². The fourth-order valence-corrected chi connectivity index (χ4v) is 0.887. The maximum atomic E-state index is 11.3. The number of nitrogens with one attached hydrogen (secondary N) is 1. The van der Waals surface area contributed by atoms with Crippen LogP contribution < -0.4 is 16.8 Å². The van der Waals surface area contributed by atoms with Gasteiger partial charge in [-0.1, -0.05) is 0 Å². The zero-order chi connectivity index (χ0) is 11.8. The number of methoxy groups -OCH3 is 2. The summed E-state index contributed by atoms with van der Waals surface area (Å²) in [5, 5.41) is 2.47. The molecule has 1 unspecified atom stereocenters. The second-order valence-electron chi connectivity index (χ2n) is 2.92. The predicted molar refractivity (Wildman–Crippen MR) is 52.6 cm³/mol. The van der Waals surface area contributed by atoms with Gasteiger partial charge in [-0.3, -0.25) is 9.59 Å². The Morgan fingerprint density at radius 3 is 2.27 bits per heavy atom. The van der Waals surface area contributed by atoms with Gasteiger partial charge in [-0.2, -0.15) is 0 Å². The third kappa shape index (κ3) is 6.00. The van der Waals surface area contributed by atoms with Gasteiger partial charge in [0.25, 0.3) is 0 Å². The van der Waals surface area contributed by atoms with E-state index in [0.717, 1.165) is 0 Å². The molecule has 0 fully saturated rings. The highest BCUT2D eigenvalue weighted by Crippen LogP contribution is 1.90. The molecule has 15 heavy (non-hydrogen) atoms. The lowest BCUT2D eigenvalue weighted by atomic mass is 10.2. The molecule has 0 bridgehead atoms. The van der Waals surface area contributed by atoms with Crippen LogP contribution in [0.5, 0.6) is 0 Å². The number of amides is 2. The Labute approximate surface area is 88.1 Å². The predicted octanol–water partition coefficient (Wildman–Crippen LogP) is -2.08. The van der Waals surface area contributed by atoms with E-state index in [9.17, 15) is 9.59 Å². The van der Waals surface area contributed by atoms with Crippen molar-refractivity contribution in [1.82, 2.24) is 5.32 Å². The van der Waals surface area contributed by atoms with Crippen molar-refractivity contribution in [2.45, 2.75) is 18.8 Å². The molecular weight excluding hydrogens is 202 g/mol. The molecule has 7 nitrogen and oxygen atoms in total. The summed E-state index contributed by atoms with van der Waals surface area (Å²) in [6.45, 7) is 0.165. The molecule has 0 aliphatic heterocycles. The average molecular weight is 219 g/mol. The van der Waals surface area contributed by atoms with Crippen molar-refractivity contribution in [1.29, 1.82) is 0 Å². The van der Waals surface area contributed by atoms with Crippen molar-refractivity contribution in [3.8, 4) is 0 Å². The fourth-order valence-electron chi connectivity index (χ4n) is 0.887. The largest absolute Gasteiger partial charge is 0.370 e. The first-order valence-corrected chi connectivity index (χ1v) is 4.38. The Bertz CT molecular complexity index is 218. The number of primary amides is 1. The number of hydrogen-bond acceptors (Lipinski definition) is 5. The molecule has 0 aromatic carbocycles. The molecule has 0 saturated carbocycles. The van der Waals surface area contributed by atoms with E-state index < -0.39 is 24.1 Å². The van der Waals surface area contributed by atoms with E-state index in [-0.39, 0.29) is 13.0 Å². The summed E-state index contributed by atoms with van der Waals surface area (Å²) in [7, 11) is 2.90. The van der Waals surface area contributed by atoms with E-state index in [1.54, 1.807) is 0 Å². The fraction of sp³-hybridized carbons (Fsp3) is 0.750. The van der Waals surface area contributed by atoms with Gasteiger partial charge in [-0.05, 0) is 0 Å². The van der Waals surface area contributed by atoms with Crippen LogP contribution in [0.4, 0.5) is 0 Å². The number of nitrogens with two attached hydrogens (primary N) is 2. The lowest BCUT2D eigenvalue weighted by molar-refractivity contribution is -0.130. The summed E-state index contributed by atoms with van der Waals surface area (Å²) in [6, 6.07) is -0.933. The molecule has 0 aliphatic rings. The zero-order valence-electron chi connectivity index (χ0n) is 8.86. The first kappa shape index (κ1) is 13.8. The van der Waals surface area contributed by atoms with Crippen LogP contribution in [0.3, 0.4) is 0 Å². The minimum Gasteiger partial charge on any atom is -0.370 e. The summed E-state index contributed by atoms with van der Waals surface area (Å²) in [6.07, 6.45) is -0.717. The lowest BCUT2D eigenvalue weighted by Crippen LogP contribution is -2.45. The molecule has 0 rings (SSSR count). The van der Waals surface area contributed by atoms with Gasteiger partial charge in [0.05, 0.1) is 19.0 Å². The van der Waals surface area contributed by atoms with Gasteiger partial charge in [0.2, 0.25) is 11.8 Å². The van der Waals surface area contributed by atoms with Gasteiger partial charge in [0, 0.05) is 14.2 Å². The van der Waals surface area contributed by atoms with Crippen LogP contribution in [0.15, 0.2) is 0 Å². The first-order valence-electron chi connectivity index (χ1n) is 4.38. The topological polar surface area (TPSA) is 117 Å². The molecule has 5 N–H and O–H groups in total. The highest BCUT2D eigenvalue weighted by atomic mass is 16.7. The van der Waals surface area contributed by atoms with Crippen molar-refractivity contribution in [2.24, 2.45) is 11.5 Å². The minimum absolute atomic E-state index is 0.165. The van der Waals surface area contributed by atoms with Crippen molar-refractivity contribution >= 4 is 11.8 Å². The van der Waals surface area contributed by atoms with Crippen molar-refractivity contribution in [3.63, 3.8) is 0 Å². The highest BCUT2D eigenvalue weighted by Gasteiger charge is 2.16. The van der Waals surface area contributed by atoms with Gasteiger partial charge in [0.15, 0.2) is 6.29 Å². The lowest BCUT2D eigenvalue weighted by Gasteiger charge is -2.15. The van der Waals surface area contributed by atoms with Gasteiger partial charge in [-0.15, -0.1) is 0 Å². The maximum absolute atomic E-state index is 11.3. The van der Waals surface area contributed by atoms with Crippen LogP contribution in [0.1, 0.15) is 6.42 Å². The number of carbonyl (C=O) groups is 2. The number of rotatable bonds is 7. The molecule has 0 heterocycles. The van der Waals surface area contributed by atoms with Crippen LogP contribution in [-0.2, 0) is 19.1 Å². The van der Waals surface area contributed by atoms with Crippen LogP contribution in [0.2, 0.25) is 0 Å². The summed E-state index contributed by atoms with van der Waals surface area (Å²) in [5.41, 5.74) is 10.3. The third-order valence-corrected chi connectivity index (χ3v) is 1.73. The summed E-state index contributed by atoms with van der Waals surface area (Å²) >= 11 is 0. The quantitative estimate of drug-likeness (QED) is 0.425. The van der Waals surface area contributed by atoms with Crippen LogP contribution >= 0.6 is 0 Å². The normalized spacial score (nSPS) is 12.5. The van der Waals surface area contributed by atoms with E-state index in [4.69, 9.17) is 20.9 Å². The van der Waals surface area contributed by atoms with E-state index in [1.165, 1.54) is 14.2 Å². The Morgan fingerprint density at radius 1 is 1.33 bits per heavy atom. The highest BCUT2D eigenvalue weighted by molar-refractivity contribution is 5.87. The number of carbonyl (C=O) groups excluding carboxylic acids is 2. The zero-order valence-corrected chi connectivity index (χ0v) is 8.86. The van der Waals surface area contributed by atoms with Crippen molar-refractivity contribution in [2.75, 3.05) is 20.8 Å². The first-order chi connectivity index (χ1) is 7.01. The summed E-state index contributed by atoms with van der Waals surface area (Å²) in [5.74, 6) is -1.08. The SMILES string of the molecule is COC(CNC(=O)C(N)CC(N)=O)OC. The maximum Gasteiger partial charge on any atom is 0.237 e.